The summed E-state index contributed by atoms with van der Waals surface area (Å²) < 4.78 is 11.4. The molecule has 146 valence electrons. The van der Waals surface area contributed by atoms with E-state index >= 15 is 0 Å². The van der Waals surface area contributed by atoms with Gasteiger partial charge in [0.05, 0.1) is 6.54 Å². The Morgan fingerprint density at radius 1 is 1.11 bits per heavy atom. The molecule has 0 aliphatic heterocycles. The molecular weight excluding hydrogens is 362 g/mol. The van der Waals surface area contributed by atoms with Crippen molar-refractivity contribution < 1.29 is 14.3 Å². The zero-order valence-corrected chi connectivity index (χ0v) is 17.2. The smallest absolute Gasteiger partial charge is 0.260 e. The van der Waals surface area contributed by atoms with E-state index in [2.05, 4.69) is 24.4 Å². The maximum Gasteiger partial charge on any atom is 0.260 e. The molecule has 27 heavy (non-hydrogen) atoms. The van der Waals surface area contributed by atoms with E-state index in [-0.39, 0.29) is 5.91 Å². The molecule has 0 saturated carbocycles. The van der Waals surface area contributed by atoms with Gasteiger partial charge in [0.1, 0.15) is 18.1 Å². The molecule has 0 aromatic heterocycles. The number of carbonyl (C=O) groups is 1. The molecular formula is C22H28ClNO3. The maximum atomic E-state index is 12.2. The van der Waals surface area contributed by atoms with Crippen molar-refractivity contribution in [2.24, 2.45) is 0 Å². The average Bonchev–Trinajstić information content (AvgIpc) is 2.64. The van der Waals surface area contributed by atoms with Gasteiger partial charge in [0.25, 0.3) is 5.91 Å². The fourth-order valence-electron chi connectivity index (χ4n) is 2.76. The molecule has 0 saturated heterocycles. The highest BCUT2D eigenvalue weighted by Gasteiger charge is 2.15. The lowest BCUT2D eigenvalue weighted by Gasteiger charge is -2.16. The number of ether oxygens (including phenoxy) is 2. The number of hydrogen-bond acceptors (Lipinski definition) is 3. The van der Waals surface area contributed by atoms with Crippen LogP contribution in [0.3, 0.4) is 0 Å². The summed E-state index contributed by atoms with van der Waals surface area (Å²) in [6.07, 6.45) is 1.60. The standard InChI is InChI=1S/C22H28ClNO3/c1-5-6-18-7-9-19(10-8-18)26-12-11-24-22(25)17(4)27-20-13-15(2)21(23)16(3)14-20/h7-10,13-14,17H,5-6,11-12H2,1-4H3,(H,24,25)/t17-/m0/s1. The van der Waals surface area contributed by atoms with E-state index < -0.39 is 6.10 Å². The fourth-order valence-corrected chi connectivity index (χ4v) is 2.87. The van der Waals surface area contributed by atoms with Crippen LogP contribution in [0.25, 0.3) is 0 Å². The third-order valence-corrected chi connectivity index (χ3v) is 4.82. The average molecular weight is 390 g/mol. The predicted octanol–water partition coefficient (Wildman–Crippen LogP) is 4.87. The van der Waals surface area contributed by atoms with Crippen LogP contribution >= 0.6 is 11.6 Å². The Labute approximate surface area is 166 Å². The Balaban J connectivity index is 1.75. The van der Waals surface area contributed by atoms with Crippen molar-refractivity contribution in [2.75, 3.05) is 13.2 Å². The summed E-state index contributed by atoms with van der Waals surface area (Å²) >= 11 is 6.16. The minimum absolute atomic E-state index is 0.179. The highest BCUT2D eigenvalue weighted by molar-refractivity contribution is 6.32. The van der Waals surface area contributed by atoms with Gasteiger partial charge in [-0.1, -0.05) is 37.1 Å². The van der Waals surface area contributed by atoms with E-state index in [4.69, 9.17) is 21.1 Å². The molecule has 0 unspecified atom stereocenters. The van der Waals surface area contributed by atoms with Gasteiger partial charge in [0.15, 0.2) is 6.10 Å². The maximum absolute atomic E-state index is 12.2. The molecule has 4 nitrogen and oxygen atoms in total. The number of benzene rings is 2. The molecule has 0 radical (unpaired) electrons. The Hall–Kier alpha value is -2.20. The van der Waals surface area contributed by atoms with Gasteiger partial charge in [-0.05, 0) is 68.1 Å². The predicted molar refractivity (Wildman–Crippen MR) is 110 cm³/mol. The van der Waals surface area contributed by atoms with E-state index in [0.717, 1.165) is 34.7 Å². The minimum Gasteiger partial charge on any atom is -0.492 e. The molecule has 2 rings (SSSR count). The molecule has 0 aliphatic rings. The van der Waals surface area contributed by atoms with Gasteiger partial charge in [-0.15, -0.1) is 0 Å². The van der Waals surface area contributed by atoms with Crippen LogP contribution in [0.1, 0.15) is 37.0 Å². The van der Waals surface area contributed by atoms with Gasteiger partial charge in [-0.2, -0.15) is 0 Å². The topological polar surface area (TPSA) is 47.6 Å². The molecule has 0 spiro atoms. The van der Waals surface area contributed by atoms with Crippen LogP contribution < -0.4 is 14.8 Å². The second kappa shape index (κ2) is 10.2. The molecule has 0 heterocycles. The van der Waals surface area contributed by atoms with Crippen molar-refractivity contribution in [2.45, 2.75) is 46.6 Å². The van der Waals surface area contributed by atoms with Crippen LogP contribution in [-0.2, 0) is 11.2 Å². The number of nitrogens with one attached hydrogen (secondary N) is 1. The summed E-state index contributed by atoms with van der Waals surface area (Å²) in [7, 11) is 0. The van der Waals surface area contributed by atoms with E-state index in [1.807, 2.05) is 38.1 Å². The van der Waals surface area contributed by atoms with E-state index in [1.54, 1.807) is 6.92 Å². The highest BCUT2D eigenvalue weighted by Crippen LogP contribution is 2.26. The molecule has 2 aromatic rings. The lowest BCUT2D eigenvalue weighted by molar-refractivity contribution is -0.127. The van der Waals surface area contributed by atoms with Gasteiger partial charge < -0.3 is 14.8 Å². The first-order valence-electron chi connectivity index (χ1n) is 9.33. The second-order valence-corrected chi connectivity index (χ2v) is 7.04. The van der Waals surface area contributed by atoms with Gasteiger partial charge in [0.2, 0.25) is 0 Å². The Morgan fingerprint density at radius 3 is 2.33 bits per heavy atom. The molecule has 5 heteroatoms. The van der Waals surface area contributed by atoms with Gasteiger partial charge in [0, 0.05) is 5.02 Å². The highest BCUT2D eigenvalue weighted by atomic mass is 35.5. The minimum atomic E-state index is -0.599. The molecule has 0 fully saturated rings. The summed E-state index contributed by atoms with van der Waals surface area (Å²) in [5, 5.41) is 3.55. The number of aryl methyl sites for hydroxylation is 3. The fraction of sp³-hybridized carbons (Fsp3) is 0.409. The van der Waals surface area contributed by atoms with Crippen LogP contribution in [-0.4, -0.2) is 25.2 Å². The summed E-state index contributed by atoms with van der Waals surface area (Å²) in [5.74, 6) is 1.27. The van der Waals surface area contributed by atoms with Crippen molar-refractivity contribution >= 4 is 17.5 Å². The van der Waals surface area contributed by atoms with E-state index in [0.29, 0.717) is 18.9 Å². The largest absolute Gasteiger partial charge is 0.492 e. The molecule has 1 atom stereocenters. The monoisotopic (exact) mass is 389 g/mol. The first-order chi connectivity index (χ1) is 12.9. The second-order valence-electron chi connectivity index (χ2n) is 6.66. The number of hydrogen-bond donors (Lipinski definition) is 1. The van der Waals surface area contributed by atoms with Crippen molar-refractivity contribution in [1.82, 2.24) is 5.32 Å². The Bertz CT molecular complexity index is 736. The third kappa shape index (κ3) is 6.47. The zero-order chi connectivity index (χ0) is 19.8. The Kier molecular flexibility index (Phi) is 7.99. The van der Waals surface area contributed by atoms with E-state index in [1.165, 1.54) is 5.56 Å². The summed E-state index contributed by atoms with van der Waals surface area (Å²) in [5.41, 5.74) is 3.16. The summed E-state index contributed by atoms with van der Waals surface area (Å²) in [6, 6.07) is 11.7. The van der Waals surface area contributed by atoms with E-state index in [9.17, 15) is 4.79 Å². The normalized spacial score (nSPS) is 11.7. The van der Waals surface area contributed by atoms with Gasteiger partial charge >= 0.3 is 0 Å². The van der Waals surface area contributed by atoms with Gasteiger partial charge in [-0.25, -0.2) is 0 Å². The number of amides is 1. The number of rotatable bonds is 9. The van der Waals surface area contributed by atoms with Crippen LogP contribution in [0, 0.1) is 13.8 Å². The SMILES string of the molecule is CCCc1ccc(OCCNC(=O)[C@H](C)Oc2cc(C)c(Cl)c(C)c2)cc1. The van der Waals surface area contributed by atoms with Gasteiger partial charge in [-0.3, -0.25) is 4.79 Å². The van der Waals surface area contributed by atoms with Crippen LogP contribution in [0.15, 0.2) is 36.4 Å². The quantitative estimate of drug-likeness (QED) is 0.622. The molecule has 1 amide bonds. The van der Waals surface area contributed by atoms with Crippen LogP contribution in [0.4, 0.5) is 0 Å². The molecule has 1 N–H and O–H groups in total. The van der Waals surface area contributed by atoms with Crippen LogP contribution in [0.2, 0.25) is 5.02 Å². The first kappa shape index (κ1) is 21.1. The van der Waals surface area contributed by atoms with Crippen molar-refractivity contribution in [3.63, 3.8) is 0 Å². The zero-order valence-electron chi connectivity index (χ0n) is 16.5. The third-order valence-electron chi connectivity index (χ3n) is 4.22. The molecule has 0 bridgehead atoms. The van der Waals surface area contributed by atoms with Crippen molar-refractivity contribution in [3.05, 3.63) is 58.1 Å². The first-order valence-corrected chi connectivity index (χ1v) is 9.71. The summed E-state index contributed by atoms with van der Waals surface area (Å²) in [4.78, 5) is 12.2. The number of carbonyl (C=O) groups excluding carboxylic acids is 1. The van der Waals surface area contributed by atoms with Crippen molar-refractivity contribution in [1.29, 1.82) is 0 Å². The summed E-state index contributed by atoms with van der Waals surface area (Å²) in [6.45, 7) is 8.54. The number of halogens is 1. The lowest BCUT2D eigenvalue weighted by atomic mass is 10.1. The lowest BCUT2D eigenvalue weighted by Crippen LogP contribution is -2.38. The van der Waals surface area contributed by atoms with Crippen LogP contribution in [0.5, 0.6) is 11.5 Å². The van der Waals surface area contributed by atoms with Crippen molar-refractivity contribution in [3.8, 4) is 11.5 Å². The molecule has 2 aromatic carbocycles. The molecule has 0 aliphatic carbocycles. The Morgan fingerprint density at radius 2 is 1.74 bits per heavy atom.